The van der Waals surface area contributed by atoms with E-state index in [-0.39, 0.29) is 11.7 Å². The Morgan fingerprint density at radius 3 is 2.55 bits per heavy atom. The summed E-state index contributed by atoms with van der Waals surface area (Å²) in [5.41, 5.74) is 3.51. The lowest BCUT2D eigenvalue weighted by Gasteiger charge is -2.47. The molecule has 2 aromatic rings. The molecule has 1 aliphatic carbocycles. The van der Waals surface area contributed by atoms with Crippen molar-refractivity contribution in [2.24, 2.45) is 23.7 Å². The molecular formula is C26H29O5-. The molecule has 5 heteroatoms. The Hall–Kier alpha value is -2.79. The van der Waals surface area contributed by atoms with Crippen molar-refractivity contribution in [2.75, 3.05) is 13.7 Å². The smallest absolute Gasteiger partial charge is 0.161 e. The fourth-order valence-electron chi connectivity index (χ4n) is 5.13. The van der Waals surface area contributed by atoms with Crippen molar-refractivity contribution >= 4 is 5.97 Å². The molecule has 31 heavy (non-hydrogen) atoms. The van der Waals surface area contributed by atoms with E-state index in [4.69, 9.17) is 14.2 Å². The summed E-state index contributed by atoms with van der Waals surface area (Å²) >= 11 is 0. The zero-order chi connectivity index (χ0) is 22.1. The second-order valence-electron chi connectivity index (χ2n) is 8.76. The first kappa shape index (κ1) is 21.4. The third-order valence-corrected chi connectivity index (χ3v) is 6.86. The molecule has 1 fully saturated rings. The van der Waals surface area contributed by atoms with E-state index in [1.165, 1.54) is 17.7 Å². The fourth-order valence-corrected chi connectivity index (χ4v) is 5.13. The van der Waals surface area contributed by atoms with Crippen LogP contribution in [0.25, 0.3) is 0 Å². The molecule has 0 amide bonds. The Labute approximate surface area is 183 Å². The first-order valence-corrected chi connectivity index (χ1v) is 10.8. The van der Waals surface area contributed by atoms with Gasteiger partial charge in [-0.1, -0.05) is 55.8 Å². The van der Waals surface area contributed by atoms with Crippen LogP contribution in [0.1, 0.15) is 48.4 Å². The number of carbonyl (C=O) groups excluding carboxylic acids is 1. The summed E-state index contributed by atoms with van der Waals surface area (Å²) in [4.78, 5) is 10.9. The monoisotopic (exact) mass is 421 g/mol. The number of hydrogen-bond acceptors (Lipinski definition) is 5. The summed E-state index contributed by atoms with van der Waals surface area (Å²) in [6, 6.07) is 12.5. The van der Waals surface area contributed by atoms with Gasteiger partial charge >= 0.3 is 0 Å². The number of methoxy groups -OCH3 is 1. The SMILES string of the molecule is COc1cc([C@@H]2OC[C@H]3[C@H](C)[C@@H]2C(C)=C[C@@H]3C)ccc1OCc1ccc(C(=O)[O-])cc1. The van der Waals surface area contributed by atoms with Crippen molar-refractivity contribution in [2.45, 2.75) is 33.5 Å². The van der Waals surface area contributed by atoms with Crippen LogP contribution < -0.4 is 14.6 Å². The van der Waals surface area contributed by atoms with Crippen LogP contribution >= 0.6 is 0 Å². The van der Waals surface area contributed by atoms with Crippen LogP contribution in [0.15, 0.2) is 54.1 Å². The molecule has 0 saturated carbocycles. The normalized spacial score (nSPS) is 27.4. The maximum Gasteiger partial charge on any atom is 0.161 e. The third kappa shape index (κ3) is 4.19. The lowest BCUT2D eigenvalue weighted by atomic mass is 9.64. The van der Waals surface area contributed by atoms with Gasteiger partial charge in [0.2, 0.25) is 0 Å². The Balaban J connectivity index is 1.52. The van der Waals surface area contributed by atoms with Gasteiger partial charge in [-0.15, -0.1) is 0 Å². The molecular weight excluding hydrogens is 392 g/mol. The van der Waals surface area contributed by atoms with Gasteiger partial charge in [0.25, 0.3) is 0 Å². The number of rotatable bonds is 6. The highest BCUT2D eigenvalue weighted by atomic mass is 16.5. The van der Waals surface area contributed by atoms with Crippen molar-refractivity contribution in [1.29, 1.82) is 0 Å². The Kier molecular flexibility index (Phi) is 6.05. The van der Waals surface area contributed by atoms with E-state index in [0.29, 0.717) is 41.8 Å². The minimum atomic E-state index is -1.19. The first-order chi connectivity index (χ1) is 14.9. The van der Waals surface area contributed by atoms with Gasteiger partial charge in [-0.25, -0.2) is 0 Å². The van der Waals surface area contributed by atoms with E-state index in [9.17, 15) is 9.90 Å². The zero-order valence-electron chi connectivity index (χ0n) is 18.5. The van der Waals surface area contributed by atoms with Crippen molar-refractivity contribution < 1.29 is 24.1 Å². The molecule has 0 unspecified atom stereocenters. The molecule has 2 aromatic carbocycles. The van der Waals surface area contributed by atoms with Crippen molar-refractivity contribution in [3.05, 3.63) is 70.8 Å². The first-order valence-electron chi connectivity index (χ1n) is 10.8. The quantitative estimate of drug-likeness (QED) is 0.655. The molecule has 164 valence electrons. The molecule has 0 aromatic heterocycles. The molecule has 1 saturated heterocycles. The highest BCUT2D eigenvalue weighted by Crippen LogP contribution is 2.50. The van der Waals surface area contributed by atoms with Gasteiger partial charge in [-0.05, 0) is 53.5 Å². The number of ether oxygens (including phenoxy) is 3. The van der Waals surface area contributed by atoms with Crippen molar-refractivity contribution in [3.8, 4) is 11.5 Å². The third-order valence-electron chi connectivity index (χ3n) is 6.86. The van der Waals surface area contributed by atoms with E-state index in [0.717, 1.165) is 17.7 Å². The van der Waals surface area contributed by atoms with Crippen LogP contribution in [0, 0.1) is 23.7 Å². The van der Waals surface area contributed by atoms with Gasteiger partial charge in [0.15, 0.2) is 11.5 Å². The Bertz CT molecular complexity index is 978. The van der Waals surface area contributed by atoms with E-state index in [2.05, 4.69) is 32.9 Å². The van der Waals surface area contributed by atoms with Crippen LogP contribution in [-0.4, -0.2) is 19.7 Å². The number of allylic oxidation sites excluding steroid dienone is 1. The Morgan fingerprint density at radius 1 is 1.13 bits per heavy atom. The van der Waals surface area contributed by atoms with Crippen LogP contribution in [0.5, 0.6) is 11.5 Å². The predicted molar refractivity (Wildman–Crippen MR) is 116 cm³/mol. The van der Waals surface area contributed by atoms with E-state index in [1.807, 2.05) is 12.1 Å². The highest BCUT2D eigenvalue weighted by molar-refractivity contribution is 5.85. The summed E-state index contributed by atoms with van der Waals surface area (Å²) < 4.78 is 17.9. The summed E-state index contributed by atoms with van der Waals surface area (Å²) in [6.07, 6.45) is 2.42. The van der Waals surface area contributed by atoms with Gasteiger partial charge < -0.3 is 24.1 Å². The minimum absolute atomic E-state index is 0.00937. The molecule has 4 rings (SSSR count). The molecule has 5 atom stereocenters. The number of fused-ring (bicyclic) bond motifs is 2. The summed E-state index contributed by atoms with van der Waals surface area (Å²) in [5, 5.41) is 10.9. The number of benzene rings is 2. The zero-order valence-corrected chi connectivity index (χ0v) is 18.5. The van der Waals surface area contributed by atoms with E-state index in [1.54, 1.807) is 19.2 Å². The average Bonchev–Trinajstić information content (AvgIpc) is 2.76. The summed E-state index contributed by atoms with van der Waals surface area (Å²) in [6.45, 7) is 7.93. The number of hydrogen-bond donors (Lipinski definition) is 0. The average molecular weight is 422 g/mol. The highest BCUT2D eigenvalue weighted by Gasteiger charge is 2.43. The van der Waals surface area contributed by atoms with Gasteiger partial charge in [0.05, 0.1) is 25.8 Å². The van der Waals surface area contributed by atoms with Crippen LogP contribution in [0.4, 0.5) is 0 Å². The number of carboxylic acid groups (broad SMARTS) is 1. The molecule has 0 spiro atoms. The molecule has 2 bridgehead atoms. The predicted octanol–water partition coefficient (Wildman–Crippen LogP) is 4.17. The second-order valence-corrected chi connectivity index (χ2v) is 8.76. The molecule has 0 N–H and O–H groups in total. The van der Waals surface area contributed by atoms with E-state index < -0.39 is 5.97 Å². The fraction of sp³-hybridized carbons (Fsp3) is 0.423. The second kappa shape index (κ2) is 8.75. The lowest BCUT2D eigenvalue weighted by Crippen LogP contribution is -2.42. The largest absolute Gasteiger partial charge is 0.545 e. The van der Waals surface area contributed by atoms with Gasteiger partial charge in [-0.3, -0.25) is 0 Å². The molecule has 1 heterocycles. The lowest BCUT2D eigenvalue weighted by molar-refractivity contribution is -0.255. The number of aromatic carboxylic acids is 1. The maximum absolute atomic E-state index is 10.9. The topological polar surface area (TPSA) is 67.8 Å². The van der Waals surface area contributed by atoms with Crippen molar-refractivity contribution in [3.63, 3.8) is 0 Å². The number of carbonyl (C=O) groups is 1. The molecule has 5 nitrogen and oxygen atoms in total. The standard InChI is InChI=1S/C26H30O5/c1-15-11-16(2)24-17(3)21(15)14-31-25(24)20-9-10-22(23(12-20)29-4)30-13-18-5-7-19(8-6-18)26(27)28/h5-12,15,17,21,24-25H,13-14H2,1-4H3,(H,27,28)/p-1/t15-,17-,21+,24-,25-/m0/s1. The van der Waals surface area contributed by atoms with Crippen molar-refractivity contribution in [1.82, 2.24) is 0 Å². The Morgan fingerprint density at radius 2 is 1.87 bits per heavy atom. The van der Waals surface area contributed by atoms with Gasteiger partial charge in [0.1, 0.15) is 6.61 Å². The van der Waals surface area contributed by atoms with Crippen LogP contribution in [0.3, 0.4) is 0 Å². The molecule has 2 aliphatic rings. The van der Waals surface area contributed by atoms with Gasteiger partial charge in [-0.2, -0.15) is 0 Å². The molecule has 1 aliphatic heterocycles. The van der Waals surface area contributed by atoms with Crippen LogP contribution in [-0.2, 0) is 11.3 Å². The number of carboxylic acids is 1. The van der Waals surface area contributed by atoms with Gasteiger partial charge in [0, 0.05) is 5.92 Å². The molecule has 0 radical (unpaired) electrons. The van der Waals surface area contributed by atoms with E-state index >= 15 is 0 Å². The maximum atomic E-state index is 10.9. The van der Waals surface area contributed by atoms with Crippen LogP contribution in [0.2, 0.25) is 0 Å². The summed E-state index contributed by atoms with van der Waals surface area (Å²) in [5.74, 6) is 2.18. The minimum Gasteiger partial charge on any atom is -0.545 e. The summed E-state index contributed by atoms with van der Waals surface area (Å²) in [7, 11) is 1.63.